The Hall–Kier alpha value is -2.15. The molecule has 1 aromatic rings. The van der Waals surface area contributed by atoms with Gasteiger partial charge >= 0.3 is 0 Å². The van der Waals surface area contributed by atoms with E-state index in [4.69, 9.17) is 0 Å². The highest BCUT2D eigenvalue weighted by Crippen LogP contribution is 2.31. The van der Waals surface area contributed by atoms with Gasteiger partial charge in [0.05, 0.1) is 12.5 Å². The normalized spacial score (nSPS) is 16.1. The van der Waals surface area contributed by atoms with E-state index in [0.29, 0.717) is 17.3 Å². The highest BCUT2D eigenvalue weighted by Gasteiger charge is 2.32. The molecule has 2 rings (SSSR count). The first-order valence-electron chi connectivity index (χ1n) is 7.49. The predicted molar refractivity (Wildman–Crippen MR) is 80.7 cm³/mol. The number of carbonyl (C=O) groups is 2. The number of amides is 2. The van der Waals surface area contributed by atoms with E-state index < -0.39 is 5.92 Å². The molecular weight excluding hydrogens is 284 g/mol. The van der Waals surface area contributed by atoms with Crippen LogP contribution in [0.25, 0.3) is 0 Å². The van der Waals surface area contributed by atoms with Crippen LogP contribution in [0.4, 0.5) is 5.82 Å². The van der Waals surface area contributed by atoms with Gasteiger partial charge in [-0.15, -0.1) is 0 Å². The van der Waals surface area contributed by atoms with Crippen LogP contribution in [-0.2, 0) is 9.59 Å². The quantitative estimate of drug-likeness (QED) is 0.403. The van der Waals surface area contributed by atoms with Gasteiger partial charge in [0.15, 0.2) is 0 Å². The number of hydrogen-bond donors (Lipinski definition) is 3. The Kier molecular flexibility index (Phi) is 5.71. The maximum Gasteiger partial charge on any atom is 0.243 e. The maximum atomic E-state index is 12.4. The van der Waals surface area contributed by atoms with Crippen molar-refractivity contribution in [3.63, 3.8) is 0 Å². The van der Waals surface area contributed by atoms with Gasteiger partial charge in [0.2, 0.25) is 12.3 Å². The van der Waals surface area contributed by atoms with Crippen molar-refractivity contribution >= 4 is 18.1 Å². The van der Waals surface area contributed by atoms with E-state index in [-0.39, 0.29) is 18.4 Å². The molecule has 1 aromatic heterocycles. The summed E-state index contributed by atoms with van der Waals surface area (Å²) in [6.45, 7) is 1.94. The number of carbonyl (C=O) groups excluding carboxylic acids is 2. The Morgan fingerprint density at radius 3 is 2.91 bits per heavy atom. The lowest BCUT2D eigenvalue weighted by molar-refractivity contribution is -0.156. The summed E-state index contributed by atoms with van der Waals surface area (Å²) in [5, 5.41) is 9.95. The molecule has 0 bridgehead atoms. The summed E-state index contributed by atoms with van der Waals surface area (Å²) in [5.41, 5.74) is 6.44. The maximum absolute atomic E-state index is 12.4. The first-order chi connectivity index (χ1) is 10.6. The highest BCUT2D eigenvalue weighted by atomic mass is 16.5. The van der Waals surface area contributed by atoms with Crippen LogP contribution in [0.1, 0.15) is 31.2 Å². The molecule has 1 fully saturated rings. The summed E-state index contributed by atoms with van der Waals surface area (Å²) in [4.78, 5) is 27.1. The fraction of sp³-hybridized carbons (Fsp3) is 0.533. The summed E-state index contributed by atoms with van der Waals surface area (Å²) < 4.78 is 0. The standard InChI is InChI=1S/C15H22N4O3/c1-11-6-7-16-14(8-11)17-18-15(21)13(9-19(22)10-20)12-4-2-3-5-12/h6-8,10,12-13,22H,2-5,9H2,1H3,(H,16,17)(H,18,21)/t13-/m0/s1. The van der Waals surface area contributed by atoms with Gasteiger partial charge in [-0.05, 0) is 43.4 Å². The van der Waals surface area contributed by atoms with E-state index in [0.717, 1.165) is 31.2 Å². The number of nitrogens with zero attached hydrogens (tertiary/aromatic N) is 2. The highest BCUT2D eigenvalue weighted by molar-refractivity contribution is 5.80. The number of hydroxylamine groups is 2. The lowest BCUT2D eigenvalue weighted by Gasteiger charge is -2.24. The Bertz CT molecular complexity index is 517. The molecule has 1 saturated carbocycles. The van der Waals surface area contributed by atoms with E-state index >= 15 is 0 Å². The Morgan fingerprint density at radius 2 is 2.27 bits per heavy atom. The average molecular weight is 306 g/mol. The topological polar surface area (TPSA) is 94.6 Å². The smallest absolute Gasteiger partial charge is 0.243 e. The van der Waals surface area contributed by atoms with Gasteiger partial charge in [-0.2, -0.15) is 0 Å². The average Bonchev–Trinajstić information content (AvgIpc) is 3.04. The summed E-state index contributed by atoms with van der Waals surface area (Å²) in [7, 11) is 0. The molecule has 0 aromatic carbocycles. The third-order valence-electron chi connectivity index (χ3n) is 4.04. The summed E-state index contributed by atoms with van der Waals surface area (Å²) in [6.07, 6.45) is 6.01. The van der Waals surface area contributed by atoms with Crippen molar-refractivity contribution < 1.29 is 14.8 Å². The van der Waals surface area contributed by atoms with Crippen LogP contribution in [0.5, 0.6) is 0 Å². The number of hydrogen-bond acceptors (Lipinski definition) is 5. The van der Waals surface area contributed by atoms with Gasteiger partial charge < -0.3 is 0 Å². The summed E-state index contributed by atoms with van der Waals surface area (Å²) in [6, 6.07) is 3.68. The van der Waals surface area contributed by atoms with Crippen LogP contribution < -0.4 is 10.9 Å². The van der Waals surface area contributed by atoms with Gasteiger partial charge in [-0.25, -0.2) is 10.0 Å². The molecule has 3 N–H and O–H groups in total. The molecule has 1 aliphatic carbocycles. The molecule has 0 saturated heterocycles. The number of anilines is 1. The minimum absolute atomic E-state index is 0.00290. The van der Waals surface area contributed by atoms with Gasteiger partial charge in [0.25, 0.3) is 0 Å². The lowest BCUT2D eigenvalue weighted by Crippen LogP contribution is -2.43. The van der Waals surface area contributed by atoms with Gasteiger partial charge in [0.1, 0.15) is 5.82 Å². The fourth-order valence-corrected chi connectivity index (χ4v) is 2.87. The number of aryl methyl sites for hydroxylation is 1. The fourth-order valence-electron chi connectivity index (χ4n) is 2.87. The zero-order valence-electron chi connectivity index (χ0n) is 12.7. The van der Waals surface area contributed by atoms with Gasteiger partial charge in [0, 0.05) is 6.20 Å². The van der Waals surface area contributed by atoms with Crippen molar-refractivity contribution in [2.24, 2.45) is 11.8 Å². The second-order valence-corrected chi connectivity index (χ2v) is 5.71. The van der Waals surface area contributed by atoms with Crippen LogP contribution in [0.2, 0.25) is 0 Å². The van der Waals surface area contributed by atoms with E-state index in [9.17, 15) is 14.8 Å². The minimum Gasteiger partial charge on any atom is -0.286 e. The zero-order chi connectivity index (χ0) is 15.9. The summed E-state index contributed by atoms with van der Waals surface area (Å²) in [5.74, 6) is 0.0581. The molecule has 7 heteroatoms. The molecule has 22 heavy (non-hydrogen) atoms. The molecule has 1 aliphatic rings. The molecule has 0 radical (unpaired) electrons. The number of rotatable bonds is 7. The van der Waals surface area contributed by atoms with E-state index in [1.165, 1.54) is 0 Å². The third-order valence-corrected chi connectivity index (χ3v) is 4.04. The lowest BCUT2D eigenvalue weighted by atomic mass is 9.90. The SMILES string of the molecule is Cc1ccnc(NNC(=O)[C@@H](CN(O)C=O)C2CCCC2)c1. The van der Waals surface area contributed by atoms with Crippen molar-refractivity contribution in [1.82, 2.24) is 15.5 Å². The van der Waals surface area contributed by atoms with Crippen LogP contribution in [0.15, 0.2) is 18.3 Å². The molecule has 1 heterocycles. The van der Waals surface area contributed by atoms with Crippen molar-refractivity contribution in [2.45, 2.75) is 32.6 Å². The second-order valence-electron chi connectivity index (χ2n) is 5.71. The molecule has 2 amide bonds. The predicted octanol–water partition coefficient (Wildman–Crippen LogP) is 1.49. The monoisotopic (exact) mass is 306 g/mol. The van der Waals surface area contributed by atoms with Gasteiger partial charge in [-0.1, -0.05) is 12.8 Å². The van der Waals surface area contributed by atoms with Crippen molar-refractivity contribution in [3.05, 3.63) is 23.9 Å². The van der Waals surface area contributed by atoms with Crippen LogP contribution in [0.3, 0.4) is 0 Å². The second kappa shape index (κ2) is 7.74. The molecule has 0 spiro atoms. The number of hydrazine groups is 1. The molecular formula is C15H22N4O3. The Morgan fingerprint density at radius 1 is 1.55 bits per heavy atom. The van der Waals surface area contributed by atoms with E-state index in [2.05, 4.69) is 15.8 Å². The first-order valence-corrected chi connectivity index (χ1v) is 7.49. The molecule has 0 aliphatic heterocycles. The van der Waals surface area contributed by atoms with Crippen LogP contribution >= 0.6 is 0 Å². The van der Waals surface area contributed by atoms with E-state index in [1.807, 2.05) is 19.1 Å². The summed E-state index contributed by atoms with van der Waals surface area (Å²) >= 11 is 0. The van der Waals surface area contributed by atoms with Crippen molar-refractivity contribution in [1.29, 1.82) is 0 Å². The minimum atomic E-state index is -0.435. The molecule has 1 atom stereocenters. The van der Waals surface area contributed by atoms with Crippen LogP contribution in [-0.4, -0.2) is 34.1 Å². The molecule has 120 valence electrons. The first kappa shape index (κ1) is 16.2. The van der Waals surface area contributed by atoms with Gasteiger partial charge in [-0.3, -0.25) is 25.6 Å². The van der Waals surface area contributed by atoms with Crippen molar-refractivity contribution in [2.75, 3.05) is 12.0 Å². The number of pyridine rings is 1. The largest absolute Gasteiger partial charge is 0.286 e. The third kappa shape index (κ3) is 4.42. The van der Waals surface area contributed by atoms with Crippen LogP contribution in [0, 0.1) is 18.8 Å². The Labute approximate surface area is 129 Å². The Balaban J connectivity index is 1.96. The van der Waals surface area contributed by atoms with E-state index in [1.54, 1.807) is 6.20 Å². The number of aromatic nitrogens is 1. The zero-order valence-corrected chi connectivity index (χ0v) is 12.7. The molecule has 7 nitrogen and oxygen atoms in total. The number of nitrogens with one attached hydrogen (secondary N) is 2. The van der Waals surface area contributed by atoms with Crippen molar-refractivity contribution in [3.8, 4) is 0 Å². The molecule has 0 unspecified atom stereocenters.